The third-order valence-corrected chi connectivity index (χ3v) is 7.45. The number of hydrogen-bond acceptors (Lipinski definition) is 7. The van der Waals surface area contributed by atoms with Crippen LogP contribution in [0.15, 0.2) is 59.5 Å². The van der Waals surface area contributed by atoms with Gasteiger partial charge in [-0.15, -0.1) is 0 Å². The molecule has 0 atom stereocenters. The van der Waals surface area contributed by atoms with Gasteiger partial charge in [-0.3, -0.25) is 13.9 Å². The Labute approximate surface area is 197 Å². The van der Waals surface area contributed by atoms with Gasteiger partial charge in [-0.05, 0) is 35.2 Å². The maximum absolute atomic E-state index is 13.4. The summed E-state index contributed by atoms with van der Waals surface area (Å²) in [5.74, 6) is -0.147. The fourth-order valence-corrected chi connectivity index (χ4v) is 5.64. The smallest absolute Gasteiger partial charge is 0.325 e. The summed E-state index contributed by atoms with van der Waals surface area (Å²) in [7, 11) is 0.311. The van der Waals surface area contributed by atoms with Crippen LogP contribution in [0.25, 0.3) is 10.8 Å². The van der Waals surface area contributed by atoms with Gasteiger partial charge in [0.25, 0.3) is 10.0 Å². The number of hydrogen-bond donors (Lipinski definition) is 0. The van der Waals surface area contributed by atoms with Crippen LogP contribution in [0, 0.1) is 0 Å². The Morgan fingerprint density at radius 1 is 0.941 bits per heavy atom. The second kappa shape index (κ2) is 9.22. The van der Waals surface area contributed by atoms with Crippen molar-refractivity contribution in [1.29, 1.82) is 0 Å². The molecule has 1 aliphatic rings. The second-order valence-corrected chi connectivity index (χ2v) is 9.52. The minimum absolute atomic E-state index is 0.0204. The number of ether oxygens (including phenoxy) is 3. The van der Waals surface area contributed by atoms with E-state index in [4.69, 9.17) is 14.2 Å². The van der Waals surface area contributed by atoms with E-state index in [0.29, 0.717) is 28.1 Å². The van der Waals surface area contributed by atoms with Crippen LogP contribution in [0.2, 0.25) is 0 Å². The van der Waals surface area contributed by atoms with Crippen LogP contribution in [0.3, 0.4) is 0 Å². The number of anilines is 1. The number of methoxy groups -OCH3 is 3. The third kappa shape index (κ3) is 4.24. The molecule has 0 bridgehead atoms. The van der Waals surface area contributed by atoms with E-state index in [1.54, 1.807) is 36.4 Å². The summed E-state index contributed by atoms with van der Waals surface area (Å²) in [6.07, 6.45) is 0. The number of carbonyl (C=O) groups excluding carboxylic acids is 2. The summed E-state index contributed by atoms with van der Waals surface area (Å²) in [4.78, 5) is 26.8. The first kappa shape index (κ1) is 23.4. The largest absolute Gasteiger partial charge is 0.497 e. The van der Waals surface area contributed by atoms with Gasteiger partial charge in [-0.25, -0.2) is 8.42 Å². The van der Waals surface area contributed by atoms with Crippen molar-refractivity contribution in [3.8, 4) is 11.5 Å². The molecule has 0 saturated carbocycles. The van der Waals surface area contributed by atoms with Crippen LogP contribution in [-0.4, -0.2) is 59.6 Å². The summed E-state index contributed by atoms with van der Waals surface area (Å²) in [6.45, 7) is -0.791. The lowest BCUT2D eigenvalue weighted by molar-refractivity contribution is -0.146. The Morgan fingerprint density at radius 3 is 2.21 bits per heavy atom. The van der Waals surface area contributed by atoms with Gasteiger partial charge in [0.1, 0.15) is 24.6 Å². The molecule has 0 saturated heterocycles. The van der Waals surface area contributed by atoms with Gasteiger partial charge < -0.3 is 19.1 Å². The molecule has 178 valence electrons. The molecule has 1 heterocycles. The quantitative estimate of drug-likeness (QED) is 0.453. The van der Waals surface area contributed by atoms with E-state index in [2.05, 4.69) is 0 Å². The lowest BCUT2D eigenvalue weighted by Crippen LogP contribution is -2.43. The van der Waals surface area contributed by atoms with Crippen molar-refractivity contribution in [2.45, 2.75) is 11.4 Å². The van der Waals surface area contributed by atoms with E-state index in [1.165, 1.54) is 32.3 Å². The van der Waals surface area contributed by atoms with E-state index in [1.807, 2.05) is 12.1 Å². The van der Waals surface area contributed by atoms with Crippen molar-refractivity contribution in [2.24, 2.45) is 0 Å². The van der Waals surface area contributed by atoms with Crippen molar-refractivity contribution < 1.29 is 32.2 Å². The Balaban J connectivity index is 1.66. The average Bonchev–Trinajstić information content (AvgIpc) is 3.06. The summed E-state index contributed by atoms with van der Waals surface area (Å²) in [5, 5.41) is 1.35. The highest BCUT2D eigenvalue weighted by molar-refractivity contribution is 7.93. The monoisotopic (exact) mass is 484 g/mol. The summed E-state index contributed by atoms with van der Waals surface area (Å²) < 4.78 is 42.9. The Bertz CT molecular complexity index is 1340. The molecule has 0 unspecified atom stereocenters. The molecule has 1 aliphatic heterocycles. The van der Waals surface area contributed by atoms with Gasteiger partial charge in [0.05, 0.1) is 31.9 Å². The van der Waals surface area contributed by atoms with Crippen LogP contribution in [0.1, 0.15) is 5.56 Å². The van der Waals surface area contributed by atoms with Gasteiger partial charge in [0, 0.05) is 18.0 Å². The topological polar surface area (TPSA) is 102 Å². The molecule has 4 rings (SSSR count). The third-order valence-electron chi connectivity index (χ3n) is 5.65. The van der Waals surface area contributed by atoms with Crippen molar-refractivity contribution in [3.63, 3.8) is 0 Å². The first-order chi connectivity index (χ1) is 16.3. The first-order valence-electron chi connectivity index (χ1n) is 10.4. The van der Waals surface area contributed by atoms with Crippen LogP contribution in [0.5, 0.6) is 11.5 Å². The predicted molar refractivity (Wildman–Crippen MR) is 125 cm³/mol. The van der Waals surface area contributed by atoms with Crippen molar-refractivity contribution >= 4 is 38.4 Å². The molecular formula is C24H24N2O7S. The summed E-state index contributed by atoms with van der Waals surface area (Å²) >= 11 is 0. The molecule has 0 aliphatic carbocycles. The minimum Gasteiger partial charge on any atom is -0.497 e. The maximum Gasteiger partial charge on any atom is 0.325 e. The first-order valence-corrected chi connectivity index (χ1v) is 11.8. The molecule has 0 spiro atoms. The van der Waals surface area contributed by atoms with Gasteiger partial charge in [-0.2, -0.15) is 0 Å². The van der Waals surface area contributed by atoms with Crippen LogP contribution >= 0.6 is 0 Å². The fourth-order valence-electron chi connectivity index (χ4n) is 3.98. The predicted octanol–water partition coefficient (Wildman–Crippen LogP) is 2.57. The minimum atomic E-state index is -3.93. The van der Waals surface area contributed by atoms with E-state index in [0.717, 1.165) is 9.69 Å². The van der Waals surface area contributed by atoms with Crippen LogP contribution < -0.4 is 13.8 Å². The number of sulfonamides is 1. The highest BCUT2D eigenvalue weighted by Crippen LogP contribution is 2.41. The van der Waals surface area contributed by atoms with Crippen molar-refractivity contribution in [2.75, 3.05) is 38.7 Å². The van der Waals surface area contributed by atoms with Gasteiger partial charge >= 0.3 is 5.97 Å². The number of carbonyl (C=O) groups is 2. The lowest BCUT2D eigenvalue weighted by Gasteiger charge is -2.25. The number of esters is 1. The maximum atomic E-state index is 13.4. The average molecular weight is 485 g/mol. The van der Waals surface area contributed by atoms with Crippen molar-refractivity contribution in [1.82, 2.24) is 4.90 Å². The van der Waals surface area contributed by atoms with Crippen molar-refractivity contribution in [3.05, 3.63) is 60.2 Å². The Hall–Kier alpha value is -3.79. The van der Waals surface area contributed by atoms with E-state index < -0.39 is 28.4 Å². The van der Waals surface area contributed by atoms with Gasteiger partial charge in [0.15, 0.2) is 0 Å². The molecule has 10 heteroatoms. The highest BCUT2D eigenvalue weighted by atomic mass is 32.2. The fraction of sp³-hybridized carbons (Fsp3) is 0.250. The molecule has 3 aromatic carbocycles. The summed E-state index contributed by atoms with van der Waals surface area (Å²) in [5.41, 5.74) is 1.07. The molecule has 3 aromatic rings. The molecule has 9 nitrogen and oxygen atoms in total. The second-order valence-electron chi connectivity index (χ2n) is 7.69. The SMILES string of the molecule is COC(=O)CN(Cc1cc(OC)cc(OC)c1)C(=O)CN1c2cccc3cccc(c23)S1(=O)=O. The lowest BCUT2D eigenvalue weighted by atomic mass is 10.1. The number of amides is 1. The molecule has 0 fully saturated rings. The Morgan fingerprint density at radius 2 is 1.59 bits per heavy atom. The standard InChI is InChI=1S/C24H24N2O7S/c1-31-18-10-16(11-19(12-18)32-2)13-25(15-23(28)33-3)22(27)14-26-20-8-4-6-17-7-5-9-21(24(17)20)34(26,29)30/h4-12H,13-15H2,1-3H3. The molecule has 0 radical (unpaired) electrons. The van der Waals surface area contributed by atoms with E-state index in [-0.39, 0.29) is 18.0 Å². The number of rotatable bonds is 8. The normalized spacial score (nSPS) is 13.6. The molecule has 1 amide bonds. The van der Waals surface area contributed by atoms with E-state index in [9.17, 15) is 18.0 Å². The van der Waals surface area contributed by atoms with Gasteiger partial charge in [0.2, 0.25) is 5.91 Å². The molecule has 0 aromatic heterocycles. The molecular weight excluding hydrogens is 460 g/mol. The zero-order valence-corrected chi connectivity index (χ0v) is 19.8. The zero-order valence-electron chi connectivity index (χ0n) is 19.0. The van der Waals surface area contributed by atoms with E-state index >= 15 is 0 Å². The Kier molecular flexibility index (Phi) is 6.34. The van der Waals surface area contributed by atoms with Gasteiger partial charge in [-0.1, -0.05) is 24.3 Å². The zero-order chi connectivity index (χ0) is 24.5. The number of nitrogens with zero attached hydrogens (tertiary/aromatic N) is 2. The summed E-state index contributed by atoms with van der Waals surface area (Å²) in [6, 6.07) is 15.4. The molecule has 34 heavy (non-hydrogen) atoms. The van der Waals surface area contributed by atoms with Crippen LogP contribution in [-0.2, 0) is 30.9 Å². The van der Waals surface area contributed by atoms with Crippen LogP contribution in [0.4, 0.5) is 5.69 Å². The highest BCUT2D eigenvalue weighted by Gasteiger charge is 2.37. The molecule has 0 N–H and O–H groups in total. The number of benzene rings is 3.